The van der Waals surface area contributed by atoms with Crippen molar-refractivity contribution in [1.82, 2.24) is 9.55 Å². The highest BCUT2D eigenvalue weighted by Gasteiger charge is 2.28. The van der Waals surface area contributed by atoms with Gasteiger partial charge >= 0.3 is 11.7 Å². The van der Waals surface area contributed by atoms with Gasteiger partial charge in [0.2, 0.25) is 0 Å². The number of carbonyl (C=O) groups is 1. The standard InChI is InChI=1S/C11H15FN4O4.C3H8.C2H2/c12-7-4-16(11(18)15-10(7)14)8-2-1-6(20-8)5-19-9(17)3-13;1-3-2;1-2/h4,6,8H,1-3,5,13H2,(H2,14,15,18);3H2,1-2H3;1-2H. The molecule has 2 heterocycles. The van der Waals surface area contributed by atoms with E-state index in [0.717, 1.165) is 10.8 Å². The van der Waals surface area contributed by atoms with E-state index in [9.17, 15) is 14.0 Å². The lowest BCUT2D eigenvalue weighted by Gasteiger charge is -2.15. The second-order valence-corrected chi connectivity index (χ2v) is 5.05. The third-order valence-corrected chi connectivity index (χ3v) is 2.93. The molecule has 2 atom stereocenters. The van der Waals surface area contributed by atoms with Crippen molar-refractivity contribution in [1.29, 1.82) is 0 Å². The van der Waals surface area contributed by atoms with Gasteiger partial charge in [0.25, 0.3) is 0 Å². The van der Waals surface area contributed by atoms with Crippen LogP contribution in [-0.2, 0) is 14.3 Å². The van der Waals surface area contributed by atoms with Crippen LogP contribution in [-0.4, -0.2) is 34.8 Å². The fraction of sp³-hybridized carbons (Fsp3) is 0.562. The van der Waals surface area contributed by atoms with Gasteiger partial charge in [-0.05, 0) is 12.8 Å². The van der Waals surface area contributed by atoms with Crippen LogP contribution in [0.3, 0.4) is 0 Å². The minimum absolute atomic E-state index is 0.0478. The first-order valence-electron chi connectivity index (χ1n) is 7.81. The largest absolute Gasteiger partial charge is 0.462 e. The van der Waals surface area contributed by atoms with E-state index in [-0.39, 0.29) is 19.3 Å². The van der Waals surface area contributed by atoms with E-state index in [0.29, 0.717) is 12.8 Å². The number of nitrogens with two attached hydrogens (primary N) is 2. The first kappa shape index (κ1) is 22.6. The maximum absolute atomic E-state index is 13.3. The highest BCUT2D eigenvalue weighted by atomic mass is 19.1. The molecule has 9 heteroatoms. The van der Waals surface area contributed by atoms with Gasteiger partial charge < -0.3 is 20.9 Å². The molecule has 0 aromatic carbocycles. The number of hydrogen-bond acceptors (Lipinski definition) is 7. The molecule has 1 aromatic rings. The third kappa shape index (κ3) is 7.32. The number of terminal acetylenes is 1. The maximum atomic E-state index is 13.3. The topological polar surface area (TPSA) is 122 Å². The third-order valence-electron chi connectivity index (χ3n) is 2.93. The van der Waals surface area contributed by atoms with E-state index in [2.05, 4.69) is 31.7 Å². The van der Waals surface area contributed by atoms with Crippen LogP contribution >= 0.6 is 0 Å². The van der Waals surface area contributed by atoms with Crippen molar-refractivity contribution in [2.24, 2.45) is 5.73 Å². The zero-order valence-corrected chi connectivity index (χ0v) is 14.5. The second-order valence-electron chi connectivity index (χ2n) is 5.05. The Bertz CT molecular complexity index is 618. The molecule has 0 radical (unpaired) electrons. The molecule has 25 heavy (non-hydrogen) atoms. The number of esters is 1. The van der Waals surface area contributed by atoms with Crippen LogP contribution in [0.25, 0.3) is 0 Å². The van der Waals surface area contributed by atoms with Crippen molar-refractivity contribution in [2.45, 2.75) is 45.4 Å². The van der Waals surface area contributed by atoms with E-state index in [1.54, 1.807) is 0 Å². The van der Waals surface area contributed by atoms with Crippen molar-refractivity contribution in [3.05, 3.63) is 22.5 Å². The van der Waals surface area contributed by atoms with Crippen molar-refractivity contribution >= 4 is 11.8 Å². The first-order chi connectivity index (χ1) is 11.9. The number of nitrogen functional groups attached to an aromatic ring is 1. The normalized spacial score (nSPS) is 18.3. The van der Waals surface area contributed by atoms with Gasteiger partial charge in [-0.3, -0.25) is 9.36 Å². The summed E-state index contributed by atoms with van der Waals surface area (Å²) in [5.41, 5.74) is 9.62. The molecule has 1 aliphatic heterocycles. The lowest BCUT2D eigenvalue weighted by molar-refractivity contribution is -0.146. The second kappa shape index (κ2) is 12.0. The summed E-state index contributed by atoms with van der Waals surface area (Å²) in [4.78, 5) is 25.9. The van der Waals surface area contributed by atoms with Crippen molar-refractivity contribution in [3.63, 3.8) is 0 Å². The van der Waals surface area contributed by atoms with Crippen LogP contribution in [0.15, 0.2) is 11.0 Å². The molecular formula is C16H25FN4O4. The number of anilines is 1. The molecule has 0 aliphatic carbocycles. The maximum Gasteiger partial charge on any atom is 0.351 e. The summed E-state index contributed by atoms with van der Waals surface area (Å²) in [6.45, 7) is 4.09. The molecule has 140 valence electrons. The van der Waals surface area contributed by atoms with Crippen molar-refractivity contribution in [3.8, 4) is 12.8 Å². The van der Waals surface area contributed by atoms with Gasteiger partial charge in [0.1, 0.15) is 12.8 Å². The smallest absolute Gasteiger partial charge is 0.351 e. The molecule has 8 nitrogen and oxygen atoms in total. The van der Waals surface area contributed by atoms with Crippen molar-refractivity contribution in [2.75, 3.05) is 18.9 Å². The predicted octanol–water partition coefficient (Wildman–Crippen LogP) is 0.810. The summed E-state index contributed by atoms with van der Waals surface area (Å²) in [7, 11) is 0. The number of aromatic nitrogens is 2. The molecule has 2 unspecified atom stereocenters. The Morgan fingerprint density at radius 2 is 2.08 bits per heavy atom. The summed E-state index contributed by atoms with van der Waals surface area (Å²) < 4.78 is 24.7. The van der Waals surface area contributed by atoms with Crippen LogP contribution in [0.1, 0.15) is 39.3 Å². The zero-order valence-electron chi connectivity index (χ0n) is 14.5. The van der Waals surface area contributed by atoms with Gasteiger partial charge in [0.05, 0.1) is 18.8 Å². The van der Waals surface area contributed by atoms with E-state index in [4.69, 9.17) is 20.9 Å². The molecule has 0 saturated carbocycles. The molecule has 0 amide bonds. The van der Waals surface area contributed by atoms with E-state index < -0.39 is 29.5 Å². The van der Waals surface area contributed by atoms with Crippen molar-refractivity contribution < 1.29 is 18.7 Å². The summed E-state index contributed by atoms with van der Waals surface area (Å²) in [5, 5.41) is 0. The summed E-state index contributed by atoms with van der Waals surface area (Å²) >= 11 is 0. The molecular weight excluding hydrogens is 331 g/mol. The molecule has 4 N–H and O–H groups in total. The molecule has 2 rings (SSSR count). The fourth-order valence-corrected chi connectivity index (χ4v) is 1.92. The lowest BCUT2D eigenvalue weighted by Crippen LogP contribution is -2.29. The zero-order chi connectivity index (χ0) is 19.4. The minimum Gasteiger partial charge on any atom is -0.462 e. The Morgan fingerprint density at radius 1 is 1.48 bits per heavy atom. The number of carbonyl (C=O) groups excluding carboxylic acids is 1. The highest BCUT2D eigenvalue weighted by Crippen LogP contribution is 2.27. The number of nitrogens with zero attached hydrogens (tertiary/aromatic N) is 2. The fourth-order valence-electron chi connectivity index (χ4n) is 1.92. The Hall–Kier alpha value is -2.44. The van der Waals surface area contributed by atoms with Crippen LogP contribution in [0.4, 0.5) is 10.2 Å². The lowest BCUT2D eigenvalue weighted by atomic mass is 10.2. The summed E-state index contributed by atoms with van der Waals surface area (Å²) in [6.07, 6.45) is 10.3. The van der Waals surface area contributed by atoms with Crippen LogP contribution in [0.2, 0.25) is 0 Å². The molecule has 1 saturated heterocycles. The monoisotopic (exact) mass is 356 g/mol. The van der Waals surface area contributed by atoms with Gasteiger partial charge in [-0.15, -0.1) is 12.8 Å². The quantitative estimate of drug-likeness (QED) is 0.604. The van der Waals surface area contributed by atoms with E-state index >= 15 is 0 Å². The molecule has 0 spiro atoms. The van der Waals surface area contributed by atoms with E-state index in [1.165, 1.54) is 6.42 Å². The Morgan fingerprint density at radius 3 is 2.64 bits per heavy atom. The van der Waals surface area contributed by atoms with Crippen LogP contribution < -0.4 is 17.2 Å². The first-order valence-corrected chi connectivity index (χ1v) is 7.81. The average molecular weight is 356 g/mol. The highest BCUT2D eigenvalue weighted by molar-refractivity contribution is 5.71. The van der Waals surface area contributed by atoms with Gasteiger partial charge in [-0.25, -0.2) is 9.18 Å². The average Bonchev–Trinajstić information content (AvgIpc) is 3.07. The summed E-state index contributed by atoms with van der Waals surface area (Å²) in [5.74, 6) is -1.77. The number of hydrogen-bond donors (Lipinski definition) is 2. The molecule has 0 bridgehead atoms. The minimum atomic E-state index is -0.786. The Kier molecular flexibility index (Phi) is 10.8. The van der Waals surface area contributed by atoms with Crippen LogP contribution in [0.5, 0.6) is 0 Å². The number of halogens is 1. The molecule has 1 fully saturated rings. The van der Waals surface area contributed by atoms with Gasteiger partial charge in [0, 0.05) is 0 Å². The number of ether oxygens (including phenoxy) is 2. The van der Waals surface area contributed by atoms with Gasteiger partial charge in [0.15, 0.2) is 11.6 Å². The summed E-state index contributed by atoms with van der Waals surface area (Å²) in [6, 6.07) is 0. The number of rotatable bonds is 4. The molecule has 1 aromatic heterocycles. The Balaban J connectivity index is 0.00000104. The SMILES string of the molecule is C#C.CCC.NCC(=O)OCC1CCC(n2cc(F)c(N)nc2=O)O1. The predicted molar refractivity (Wildman–Crippen MR) is 91.9 cm³/mol. The van der Waals surface area contributed by atoms with E-state index in [1.807, 2.05) is 0 Å². The molecule has 1 aliphatic rings. The van der Waals surface area contributed by atoms with Gasteiger partial charge in [-0.1, -0.05) is 20.3 Å². The van der Waals surface area contributed by atoms with Gasteiger partial charge in [-0.2, -0.15) is 4.98 Å². The van der Waals surface area contributed by atoms with Crippen LogP contribution in [0, 0.1) is 18.7 Å². The Labute approximate surface area is 146 Å².